The predicted octanol–water partition coefficient (Wildman–Crippen LogP) is 5.17. The maximum Gasteiger partial charge on any atom is 0.416 e. The average Bonchev–Trinajstić information content (AvgIpc) is 2.69. The highest BCUT2D eigenvalue weighted by atomic mass is 19.4. The van der Waals surface area contributed by atoms with E-state index < -0.39 is 23.3 Å². The van der Waals surface area contributed by atoms with Crippen molar-refractivity contribution in [1.82, 2.24) is 4.90 Å². The molecule has 0 bridgehead atoms. The third-order valence-electron chi connectivity index (χ3n) is 6.20. The van der Waals surface area contributed by atoms with Crippen molar-refractivity contribution in [2.45, 2.75) is 37.0 Å². The maximum atomic E-state index is 15.3. The second kappa shape index (κ2) is 7.56. The molecule has 1 aliphatic heterocycles. The third kappa shape index (κ3) is 3.62. The van der Waals surface area contributed by atoms with Crippen molar-refractivity contribution in [3.05, 3.63) is 64.2 Å². The molecule has 2 aromatic carbocycles. The minimum absolute atomic E-state index is 0.0619. The fourth-order valence-corrected chi connectivity index (χ4v) is 4.18. The number of hydrogen-bond donors (Lipinski definition) is 0. The molecular formula is C23H20F4N2O2. The second-order valence-corrected chi connectivity index (χ2v) is 8.03. The van der Waals surface area contributed by atoms with Crippen molar-refractivity contribution in [2.75, 3.05) is 20.2 Å². The standard InChI is InChI=1S/C23H20F4N2O2/c1-31-20-15(11-28)5-8-18(22(24)9-2-10-22)19(20)21(30)29-12-16(13-29)14-3-6-17(7-4-14)23(25,26)27/h3-8,16H,2,9-10,12-13H2,1H3. The number of rotatable bonds is 4. The molecule has 1 amide bonds. The summed E-state index contributed by atoms with van der Waals surface area (Å²) < 4.78 is 58.9. The molecule has 1 aliphatic carbocycles. The number of halogens is 4. The number of nitriles is 1. The Bertz CT molecular complexity index is 1050. The van der Waals surface area contributed by atoms with E-state index in [2.05, 4.69) is 0 Å². The summed E-state index contributed by atoms with van der Waals surface area (Å²) in [6.07, 6.45) is -3.08. The highest BCUT2D eigenvalue weighted by molar-refractivity contribution is 6.00. The van der Waals surface area contributed by atoms with Crippen LogP contribution in [-0.4, -0.2) is 31.0 Å². The molecule has 2 fully saturated rings. The molecule has 0 unspecified atom stereocenters. The van der Waals surface area contributed by atoms with Crippen LogP contribution in [0, 0.1) is 11.3 Å². The number of alkyl halides is 4. The van der Waals surface area contributed by atoms with Gasteiger partial charge in [0.05, 0.1) is 23.8 Å². The summed E-state index contributed by atoms with van der Waals surface area (Å²) in [6.45, 7) is 0.589. The third-order valence-corrected chi connectivity index (χ3v) is 6.20. The van der Waals surface area contributed by atoms with Crippen LogP contribution < -0.4 is 4.74 Å². The summed E-state index contributed by atoms with van der Waals surface area (Å²) in [5.41, 5.74) is -1.19. The molecule has 1 saturated heterocycles. The van der Waals surface area contributed by atoms with Gasteiger partial charge in [-0.25, -0.2) is 4.39 Å². The number of benzene rings is 2. The van der Waals surface area contributed by atoms with Gasteiger partial charge in [-0.3, -0.25) is 4.79 Å². The number of amides is 1. The van der Waals surface area contributed by atoms with Gasteiger partial charge in [-0.15, -0.1) is 0 Å². The summed E-state index contributed by atoms with van der Waals surface area (Å²) in [6, 6.07) is 9.82. The molecule has 2 aliphatic rings. The van der Waals surface area contributed by atoms with Gasteiger partial charge in [0.1, 0.15) is 17.5 Å². The molecule has 4 nitrogen and oxygen atoms in total. The zero-order valence-electron chi connectivity index (χ0n) is 16.8. The summed E-state index contributed by atoms with van der Waals surface area (Å²) in [4.78, 5) is 14.8. The van der Waals surface area contributed by atoms with E-state index in [9.17, 15) is 23.2 Å². The lowest BCUT2D eigenvalue weighted by Crippen LogP contribution is -2.49. The molecular weight excluding hydrogens is 412 g/mol. The molecule has 0 radical (unpaired) electrons. The zero-order valence-corrected chi connectivity index (χ0v) is 16.8. The van der Waals surface area contributed by atoms with Crippen LogP contribution in [0.5, 0.6) is 5.75 Å². The maximum absolute atomic E-state index is 15.3. The number of carbonyl (C=O) groups is 1. The van der Waals surface area contributed by atoms with Crippen LogP contribution in [0.3, 0.4) is 0 Å². The van der Waals surface area contributed by atoms with Gasteiger partial charge in [0.15, 0.2) is 0 Å². The number of nitrogens with zero attached hydrogens (tertiary/aromatic N) is 2. The van der Waals surface area contributed by atoms with E-state index in [1.54, 1.807) is 0 Å². The Balaban J connectivity index is 1.58. The first kappa shape index (κ1) is 21.2. The van der Waals surface area contributed by atoms with Crippen LogP contribution in [0.2, 0.25) is 0 Å². The first-order valence-electron chi connectivity index (χ1n) is 9.95. The largest absolute Gasteiger partial charge is 0.495 e. The Labute approximate surface area is 177 Å². The smallest absolute Gasteiger partial charge is 0.416 e. The summed E-state index contributed by atoms with van der Waals surface area (Å²) >= 11 is 0. The molecule has 0 aromatic heterocycles. The van der Waals surface area contributed by atoms with E-state index in [0.29, 0.717) is 37.9 Å². The first-order valence-corrected chi connectivity index (χ1v) is 9.95. The van der Waals surface area contributed by atoms with Gasteiger partial charge in [0.25, 0.3) is 5.91 Å². The molecule has 2 aromatic rings. The highest BCUT2D eigenvalue weighted by Gasteiger charge is 2.44. The Kier molecular flexibility index (Phi) is 5.16. The predicted molar refractivity (Wildman–Crippen MR) is 104 cm³/mol. The van der Waals surface area contributed by atoms with Gasteiger partial charge in [0, 0.05) is 24.6 Å². The van der Waals surface area contributed by atoms with Gasteiger partial charge in [-0.05, 0) is 43.0 Å². The minimum Gasteiger partial charge on any atom is -0.495 e. The van der Waals surface area contributed by atoms with Crippen molar-refractivity contribution in [3.8, 4) is 11.8 Å². The van der Waals surface area contributed by atoms with Crippen LogP contribution in [0.15, 0.2) is 36.4 Å². The summed E-state index contributed by atoms with van der Waals surface area (Å²) in [5.74, 6) is -0.481. The van der Waals surface area contributed by atoms with Crippen molar-refractivity contribution in [1.29, 1.82) is 5.26 Å². The van der Waals surface area contributed by atoms with Crippen molar-refractivity contribution < 1.29 is 27.1 Å². The molecule has 4 rings (SSSR count). The summed E-state index contributed by atoms with van der Waals surface area (Å²) in [5, 5.41) is 9.37. The van der Waals surface area contributed by atoms with Crippen LogP contribution in [0.25, 0.3) is 0 Å². The number of hydrogen-bond acceptors (Lipinski definition) is 3. The molecule has 162 valence electrons. The Hall–Kier alpha value is -3.08. The lowest BCUT2D eigenvalue weighted by molar-refractivity contribution is -0.137. The fourth-order valence-electron chi connectivity index (χ4n) is 4.18. The van der Waals surface area contributed by atoms with E-state index in [1.807, 2.05) is 6.07 Å². The lowest BCUT2D eigenvalue weighted by atomic mass is 9.74. The van der Waals surface area contributed by atoms with Gasteiger partial charge >= 0.3 is 6.18 Å². The number of likely N-dealkylation sites (tertiary alicyclic amines) is 1. The van der Waals surface area contributed by atoms with E-state index in [4.69, 9.17) is 4.74 Å². The van der Waals surface area contributed by atoms with Crippen molar-refractivity contribution in [3.63, 3.8) is 0 Å². The fraction of sp³-hybridized carbons (Fsp3) is 0.391. The Morgan fingerprint density at radius 1 is 1.16 bits per heavy atom. The molecule has 8 heteroatoms. The normalized spacial score (nSPS) is 18.0. The molecule has 0 N–H and O–H groups in total. The van der Waals surface area contributed by atoms with Crippen LogP contribution in [0.4, 0.5) is 17.6 Å². The van der Waals surface area contributed by atoms with Gasteiger partial charge < -0.3 is 9.64 Å². The SMILES string of the molecule is COc1c(C#N)ccc(C2(F)CCC2)c1C(=O)N1CC(c2ccc(C(F)(F)F)cc2)C1. The Morgan fingerprint density at radius 3 is 2.29 bits per heavy atom. The van der Waals surface area contributed by atoms with E-state index in [-0.39, 0.29) is 28.4 Å². The first-order chi connectivity index (χ1) is 14.7. The summed E-state index contributed by atoms with van der Waals surface area (Å²) in [7, 11) is 1.34. The van der Waals surface area contributed by atoms with E-state index in [1.165, 1.54) is 36.3 Å². The Morgan fingerprint density at radius 2 is 1.81 bits per heavy atom. The van der Waals surface area contributed by atoms with Gasteiger partial charge in [-0.1, -0.05) is 18.2 Å². The van der Waals surface area contributed by atoms with Gasteiger partial charge in [0.2, 0.25) is 0 Å². The zero-order chi connectivity index (χ0) is 22.4. The molecule has 1 heterocycles. The van der Waals surface area contributed by atoms with Gasteiger partial charge in [-0.2, -0.15) is 18.4 Å². The number of ether oxygens (including phenoxy) is 1. The molecule has 0 spiro atoms. The minimum atomic E-state index is -4.40. The lowest BCUT2D eigenvalue weighted by Gasteiger charge is -2.42. The van der Waals surface area contributed by atoms with Crippen LogP contribution >= 0.6 is 0 Å². The molecule has 31 heavy (non-hydrogen) atoms. The van der Waals surface area contributed by atoms with E-state index in [0.717, 1.165) is 12.1 Å². The number of methoxy groups -OCH3 is 1. The molecule has 1 saturated carbocycles. The van der Waals surface area contributed by atoms with Crippen LogP contribution in [-0.2, 0) is 11.8 Å². The second-order valence-electron chi connectivity index (χ2n) is 8.03. The number of carbonyl (C=O) groups excluding carboxylic acids is 1. The molecule has 0 atom stereocenters. The van der Waals surface area contributed by atoms with Crippen molar-refractivity contribution in [2.24, 2.45) is 0 Å². The van der Waals surface area contributed by atoms with Crippen molar-refractivity contribution >= 4 is 5.91 Å². The topological polar surface area (TPSA) is 53.3 Å². The van der Waals surface area contributed by atoms with Crippen LogP contribution in [0.1, 0.15) is 57.8 Å². The monoisotopic (exact) mass is 432 g/mol. The highest BCUT2D eigenvalue weighted by Crippen LogP contribution is 2.49. The average molecular weight is 432 g/mol. The quantitative estimate of drug-likeness (QED) is 0.626. The van der Waals surface area contributed by atoms with E-state index >= 15 is 4.39 Å².